The number of benzene rings is 2. The minimum absolute atomic E-state index is 0.00215. The first-order chi connectivity index (χ1) is 14.1. The van der Waals surface area contributed by atoms with Gasteiger partial charge in [-0.2, -0.15) is 8.42 Å². The van der Waals surface area contributed by atoms with Gasteiger partial charge in [-0.15, -0.1) is 4.40 Å². The van der Waals surface area contributed by atoms with Crippen LogP contribution < -0.4 is 5.32 Å². The summed E-state index contributed by atoms with van der Waals surface area (Å²) in [5.41, 5.74) is 1.73. The van der Waals surface area contributed by atoms with E-state index in [0.717, 1.165) is 16.8 Å². The number of anilines is 1. The van der Waals surface area contributed by atoms with Crippen LogP contribution in [0.3, 0.4) is 0 Å². The lowest BCUT2D eigenvalue weighted by Crippen LogP contribution is -2.36. The molecule has 0 fully saturated rings. The number of hydrogen-bond acceptors (Lipinski definition) is 4. The van der Waals surface area contributed by atoms with Gasteiger partial charge in [0.2, 0.25) is 0 Å². The molecule has 0 bridgehead atoms. The normalized spacial score (nSPS) is 16.2. The molecule has 3 rings (SSSR count). The van der Waals surface area contributed by atoms with Crippen LogP contribution in [0.15, 0.2) is 57.8 Å². The number of rotatable bonds is 8. The van der Waals surface area contributed by atoms with Crippen LogP contribution in [0.1, 0.15) is 50.7 Å². The van der Waals surface area contributed by atoms with Crippen molar-refractivity contribution in [2.45, 2.75) is 56.8 Å². The first-order valence-corrected chi connectivity index (χ1v) is 11.4. The first kappa shape index (κ1) is 21.9. The van der Waals surface area contributed by atoms with Gasteiger partial charge in [-0.05, 0) is 57.4 Å². The summed E-state index contributed by atoms with van der Waals surface area (Å²) in [6.45, 7) is 4.89. The molecule has 0 saturated heterocycles. The third-order valence-corrected chi connectivity index (χ3v) is 6.78. The number of amidine groups is 1. The molecule has 0 radical (unpaired) electrons. The Labute approximate surface area is 177 Å². The van der Waals surface area contributed by atoms with Crippen molar-refractivity contribution in [2.24, 2.45) is 4.40 Å². The highest BCUT2D eigenvalue weighted by Crippen LogP contribution is 2.45. The van der Waals surface area contributed by atoms with Crippen LogP contribution in [0.25, 0.3) is 0 Å². The average molecular weight is 427 g/mol. The number of nitrogens with one attached hydrogen (secondary N) is 1. The molecular weight excluding hydrogens is 400 g/mol. The van der Waals surface area contributed by atoms with Gasteiger partial charge in [0.05, 0.1) is 10.3 Å². The molecule has 0 aliphatic carbocycles. The summed E-state index contributed by atoms with van der Waals surface area (Å²) in [5.74, 6) is 0.274. The Morgan fingerprint density at radius 3 is 2.07 bits per heavy atom. The van der Waals surface area contributed by atoms with Gasteiger partial charge in [0.15, 0.2) is 0 Å². The fourth-order valence-electron chi connectivity index (χ4n) is 3.79. The van der Waals surface area contributed by atoms with Crippen molar-refractivity contribution < 1.29 is 18.0 Å². The van der Waals surface area contributed by atoms with Gasteiger partial charge in [0, 0.05) is 18.5 Å². The first-order valence-electron chi connectivity index (χ1n) is 9.91. The largest absolute Gasteiger partial charge is 0.342 e. The number of fused-ring (bicyclic) bond motifs is 1. The number of aryl methyl sites for hydroxylation is 1. The SMILES string of the molecule is CC(=O)CCC1(CCC(C)=O)C(=NS(=O)(=O)c2ccc(C)cc2)Nc2ccccc21. The maximum atomic E-state index is 13.1. The van der Waals surface area contributed by atoms with Gasteiger partial charge in [-0.1, -0.05) is 35.9 Å². The van der Waals surface area contributed by atoms with E-state index in [1.807, 2.05) is 31.2 Å². The van der Waals surface area contributed by atoms with E-state index in [-0.39, 0.29) is 35.1 Å². The number of ketones is 2. The Morgan fingerprint density at radius 1 is 0.933 bits per heavy atom. The Kier molecular flexibility index (Phi) is 6.22. The third-order valence-electron chi connectivity index (χ3n) is 5.49. The molecule has 0 amide bonds. The van der Waals surface area contributed by atoms with Gasteiger partial charge in [0.25, 0.3) is 10.0 Å². The Morgan fingerprint density at radius 2 is 1.50 bits per heavy atom. The fourth-order valence-corrected chi connectivity index (χ4v) is 4.83. The second-order valence-electron chi connectivity index (χ2n) is 7.88. The number of carbonyl (C=O) groups excluding carboxylic acids is 2. The highest BCUT2D eigenvalue weighted by molar-refractivity contribution is 7.90. The van der Waals surface area contributed by atoms with E-state index in [1.165, 1.54) is 26.0 Å². The molecule has 2 aromatic carbocycles. The number of nitrogens with zero attached hydrogens (tertiary/aromatic N) is 1. The summed E-state index contributed by atoms with van der Waals surface area (Å²) in [6, 6.07) is 14.0. The molecule has 0 aromatic heterocycles. The summed E-state index contributed by atoms with van der Waals surface area (Å²) in [7, 11) is -3.97. The molecule has 0 spiro atoms. The summed E-state index contributed by atoms with van der Waals surface area (Å²) < 4.78 is 30.3. The molecule has 7 heteroatoms. The quantitative estimate of drug-likeness (QED) is 0.683. The number of sulfonamides is 1. The van der Waals surface area contributed by atoms with Crippen molar-refractivity contribution in [3.63, 3.8) is 0 Å². The lowest BCUT2D eigenvalue weighted by atomic mass is 9.73. The zero-order chi connectivity index (χ0) is 21.9. The topological polar surface area (TPSA) is 92.7 Å². The van der Waals surface area contributed by atoms with Crippen LogP contribution in [-0.4, -0.2) is 25.8 Å². The molecule has 0 saturated carbocycles. The van der Waals surface area contributed by atoms with Crippen LogP contribution >= 0.6 is 0 Å². The van der Waals surface area contributed by atoms with E-state index in [1.54, 1.807) is 12.1 Å². The highest BCUT2D eigenvalue weighted by Gasteiger charge is 2.45. The fraction of sp³-hybridized carbons (Fsp3) is 0.348. The van der Waals surface area contributed by atoms with E-state index in [4.69, 9.17) is 0 Å². The zero-order valence-corrected chi connectivity index (χ0v) is 18.3. The molecule has 1 heterocycles. The second kappa shape index (κ2) is 8.52. The standard InChI is InChI=1S/C23H26N2O4S/c1-16-8-10-19(11-9-16)30(28,29)25-22-23(14-12-17(2)26,15-13-18(3)27)20-6-4-5-7-21(20)24-22/h4-11H,12-15H2,1-3H3,(H,24,25). The summed E-state index contributed by atoms with van der Waals surface area (Å²) >= 11 is 0. The van der Waals surface area contributed by atoms with E-state index < -0.39 is 15.4 Å². The van der Waals surface area contributed by atoms with Gasteiger partial charge in [-0.3, -0.25) is 0 Å². The van der Waals surface area contributed by atoms with Crippen molar-refractivity contribution >= 4 is 33.1 Å². The minimum Gasteiger partial charge on any atom is -0.342 e. The number of hydrogen-bond donors (Lipinski definition) is 1. The molecule has 30 heavy (non-hydrogen) atoms. The lowest BCUT2D eigenvalue weighted by molar-refractivity contribution is -0.117. The number of para-hydroxylation sites is 1. The summed E-state index contributed by atoms with van der Waals surface area (Å²) in [5, 5.41) is 3.16. The Bertz CT molecular complexity index is 1080. The molecule has 1 aliphatic heterocycles. The lowest BCUT2D eigenvalue weighted by Gasteiger charge is -2.29. The monoisotopic (exact) mass is 426 g/mol. The molecule has 2 aromatic rings. The average Bonchev–Trinajstić information content (AvgIpc) is 2.98. The van der Waals surface area contributed by atoms with Gasteiger partial charge >= 0.3 is 0 Å². The second-order valence-corrected chi connectivity index (χ2v) is 9.49. The van der Waals surface area contributed by atoms with Gasteiger partial charge < -0.3 is 14.9 Å². The van der Waals surface area contributed by atoms with Crippen molar-refractivity contribution in [2.75, 3.05) is 5.32 Å². The molecule has 1 N–H and O–H groups in total. The van der Waals surface area contributed by atoms with Crippen LogP contribution in [-0.2, 0) is 25.0 Å². The minimum atomic E-state index is -3.97. The number of carbonyl (C=O) groups is 2. The Hall–Kier alpha value is -2.80. The van der Waals surface area contributed by atoms with E-state index >= 15 is 0 Å². The molecule has 0 atom stereocenters. The van der Waals surface area contributed by atoms with E-state index in [2.05, 4.69) is 9.71 Å². The highest BCUT2D eigenvalue weighted by atomic mass is 32.2. The Balaban J connectivity index is 2.14. The van der Waals surface area contributed by atoms with Crippen molar-refractivity contribution in [3.05, 3.63) is 59.7 Å². The predicted molar refractivity (Wildman–Crippen MR) is 117 cm³/mol. The van der Waals surface area contributed by atoms with Crippen LogP contribution in [0, 0.1) is 6.92 Å². The maximum Gasteiger partial charge on any atom is 0.283 e. The summed E-state index contributed by atoms with van der Waals surface area (Å²) in [4.78, 5) is 23.7. The molecule has 1 aliphatic rings. The van der Waals surface area contributed by atoms with Crippen LogP contribution in [0.5, 0.6) is 0 Å². The van der Waals surface area contributed by atoms with Gasteiger partial charge in [0.1, 0.15) is 17.4 Å². The van der Waals surface area contributed by atoms with Crippen molar-refractivity contribution in [1.82, 2.24) is 0 Å². The van der Waals surface area contributed by atoms with E-state index in [0.29, 0.717) is 12.8 Å². The smallest absolute Gasteiger partial charge is 0.283 e. The molecule has 158 valence electrons. The molecule has 6 nitrogen and oxygen atoms in total. The van der Waals surface area contributed by atoms with Crippen molar-refractivity contribution in [3.8, 4) is 0 Å². The molecule has 0 unspecified atom stereocenters. The van der Waals surface area contributed by atoms with Crippen LogP contribution in [0.2, 0.25) is 0 Å². The molecular formula is C23H26N2O4S. The van der Waals surface area contributed by atoms with Crippen molar-refractivity contribution in [1.29, 1.82) is 0 Å². The van der Waals surface area contributed by atoms with E-state index in [9.17, 15) is 18.0 Å². The van der Waals surface area contributed by atoms with Crippen LogP contribution in [0.4, 0.5) is 5.69 Å². The van der Waals surface area contributed by atoms with Gasteiger partial charge in [-0.25, -0.2) is 0 Å². The number of Topliss-reactive ketones (excluding diaryl/α,β-unsaturated/α-hetero) is 2. The zero-order valence-electron chi connectivity index (χ0n) is 17.4. The maximum absolute atomic E-state index is 13.1. The summed E-state index contributed by atoms with van der Waals surface area (Å²) in [6.07, 6.45) is 1.28. The third kappa shape index (κ3) is 4.51. The predicted octanol–water partition coefficient (Wildman–Crippen LogP) is 4.18.